The summed E-state index contributed by atoms with van der Waals surface area (Å²) in [6.45, 7) is 3.53. The molecule has 0 amide bonds. The highest BCUT2D eigenvalue weighted by Crippen LogP contribution is 2.22. The zero-order chi connectivity index (χ0) is 12.8. The van der Waals surface area contributed by atoms with Gasteiger partial charge in [0.15, 0.2) is 0 Å². The first kappa shape index (κ1) is 13.2. The lowest BCUT2D eigenvalue weighted by molar-refractivity contribution is 0.172. The summed E-state index contributed by atoms with van der Waals surface area (Å²) in [6, 6.07) is 10.1. The highest BCUT2D eigenvalue weighted by atomic mass is 32.1. The van der Waals surface area contributed by atoms with Crippen molar-refractivity contribution in [2.24, 2.45) is 0 Å². The van der Waals surface area contributed by atoms with Crippen molar-refractivity contribution in [3.63, 3.8) is 0 Å². The third-order valence-corrected chi connectivity index (χ3v) is 3.53. The number of nitrogens with one attached hydrogen (secondary N) is 1. The number of rotatable bonds is 6. The zero-order valence-electron chi connectivity index (χ0n) is 10.5. The maximum absolute atomic E-state index is 9.82. The molecule has 1 atom stereocenters. The fourth-order valence-electron chi connectivity index (χ4n) is 1.73. The normalized spacial score (nSPS) is 12.6. The van der Waals surface area contributed by atoms with E-state index in [-0.39, 0.29) is 6.10 Å². The lowest BCUT2D eigenvalue weighted by Gasteiger charge is -2.08. The van der Waals surface area contributed by atoms with Crippen LogP contribution >= 0.6 is 11.3 Å². The largest absolute Gasteiger partial charge is 0.391 e. The van der Waals surface area contributed by atoms with Gasteiger partial charge in [-0.05, 0) is 6.54 Å². The van der Waals surface area contributed by atoms with Crippen molar-refractivity contribution in [1.29, 1.82) is 0 Å². The predicted octanol–water partition coefficient (Wildman–Crippen LogP) is 2.32. The molecule has 0 aliphatic heterocycles. The number of aromatic nitrogens is 1. The SMILES string of the molecule is CCNCC(O)Cc1nc(-c2ccccc2)cs1. The Morgan fingerprint density at radius 1 is 1.33 bits per heavy atom. The number of aliphatic hydroxyl groups is 1. The Bertz CT molecular complexity index is 470. The molecule has 4 heteroatoms. The van der Waals surface area contributed by atoms with E-state index in [0.717, 1.165) is 22.8 Å². The van der Waals surface area contributed by atoms with Gasteiger partial charge in [-0.15, -0.1) is 11.3 Å². The molecule has 0 aliphatic carbocycles. The summed E-state index contributed by atoms with van der Waals surface area (Å²) in [7, 11) is 0. The molecule has 3 nitrogen and oxygen atoms in total. The fourth-order valence-corrected chi connectivity index (χ4v) is 2.61. The predicted molar refractivity (Wildman–Crippen MR) is 75.8 cm³/mol. The highest BCUT2D eigenvalue weighted by molar-refractivity contribution is 7.09. The van der Waals surface area contributed by atoms with Crippen LogP contribution in [0.15, 0.2) is 35.7 Å². The van der Waals surface area contributed by atoms with Gasteiger partial charge in [-0.25, -0.2) is 4.98 Å². The van der Waals surface area contributed by atoms with Gasteiger partial charge in [0.25, 0.3) is 0 Å². The molecule has 0 bridgehead atoms. The Balaban J connectivity index is 1.98. The summed E-state index contributed by atoms with van der Waals surface area (Å²) >= 11 is 1.61. The first-order valence-electron chi connectivity index (χ1n) is 6.18. The molecular formula is C14H18N2OS. The molecule has 2 aromatic rings. The van der Waals surface area contributed by atoms with Gasteiger partial charge in [0.2, 0.25) is 0 Å². The third-order valence-electron chi connectivity index (χ3n) is 2.66. The van der Waals surface area contributed by atoms with Gasteiger partial charge in [0.1, 0.15) is 0 Å². The van der Waals surface area contributed by atoms with Gasteiger partial charge < -0.3 is 10.4 Å². The number of thiazole rings is 1. The number of hydrogen-bond acceptors (Lipinski definition) is 4. The van der Waals surface area contributed by atoms with Crippen LogP contribution in [0.4, 0.5) is 0 Å². The van der Waals surface area contributed by atoms with Crippen LogP contribution in [0.5, 0.6) is 0 Å². The van der Waals surface area contributed by atoms with Gasteiger partial charge in [-0.3, -0.25) is 0 Å². The van der Waals surface area contributed by atoms with Crippen molar-refractivity contribution in [3.05, 3.63) is 40.7 Å². The van der Waals surface area contributed by atoms with E-state index in [1.54, 1.807) is 11.3 Å². The zero-order valence-corrected chi connectivity index (χ0v) is 11.3. The molecule has 18 heavy (non-hydrogen) atoms. The number of hydrogen-bond donors (Lipinski definition) is 2. The molecule has 0 radical (unpaired) electrons. The van der Waals surface area contributed by atoms with E-state index in [2.05, 4.69) is 10.3 Å². The Labute approximate surface area is 112 Å². The summed E-state index contributed by atoms with van der Waals surface area (Å²) in [5.41, 5.74) is 2.12. The average Bonchev–Trinajstić information content (AvgIpc) is 2.86. The van der Waals surface area contributed by atoms with Crippen molar-refractivity contribution in [3.8, 4) is 11.3 Å². The van der Waals surface area contributed by atoms with Crippen LogP contribution in [0.3, 0.4) is 0 Å². The standard InChI is InChI=1S/C14H18N2OS/c1-2-15-9-12(17)8-14-16-13(10-18-14)11-6-4-3-5-7-11/h3-7,10,12,15,17H,2,8-9H2,1H3. The molecule has 0 spiro atoms. The molecule has 1 heterocycles. The van der Waals surface area contributed by atoms with Crippen molar-refractivity contribution in [1.82, 2.24) is 10.3 Å². The molecule has 96 valence electrons. The smallest absolute Gasteiger partial charge is 0.0958 e. The van der Waals surface area contributed by atoms with Crippen LogP contribution in [0.25, 0.3) is 11.3 Å². The van der Waals surface area contributed by atoms with Gasteiger partial charge >= 0.3 is 0 Å². The molecule has 1 unspecified atom stereocenters. The van der Waals surface area contributed by atoms with E-state index in [1.807, 2.05) is 42.6 Å². The minimum absolute atomic E-state index is 0.361. The van der Waals surface area contributed by atoms with Crippen LogP contribution in [-0.2, 0) is 6.42 Å². The average molecular weight is 262 g/mol. The molecule has 0 saturated heterocycles. The molecule has 0 saturated carbocycles. The lowest BCUT2D eigenvalue weighted by atomic mass is 10.2. The minimum atomic E-state index is -0.361. The third kappa shape index (κ3) is 3.63. The van der Waals surface area contributed by atoms with Crippen molar-refractivity contribution in [2.75, 3.05) is 13.1 Å². The van der Waals surface area contributed by atoms with E-state index >= 15 is 0 Å². The van der Waals surface area contributed by atoms with Crippen LogP contribution < -0.4 is 5.32 Å². The van der Waals surface area contributed by atoms with Crippen molar-refractivity contribution < 1.29 is 5.11 Å². The summed E-state index contributed by atoms with van der Waals surface area (Å²) in [6.07, 6.45) is 0.254. The quantitative estimate of drug-likeness (QED) is 0.840. The molecule has 0 aliphatic rings. The van der Waals surface area contributed by atoms with E-state index in [9.17, 15) is 5.11 Å². The Morgan fingerprint density at radius 2 is 2.11 bits per heavy atom. The second-order valence-corrected chi connectivity index (χ2v) is 5.10. The summed E-state index contributed by atoms with van der Waals surface area (Å²) < 4.78 is 0. The first-order chi connectivity index (χ1) is 8.79. The minimum Gasteiger partial charge on any atom is -0.391 e. The number of nitrogens with zero attached hydrogens (tertiary/aromatic N) is 1. The summed E-state index contributed by atoms with van der Waals surface area (Å²) in [5, 5.41) is 16.0. The van der Waals surface area contributed by atoms with Crippen molar-refractivity contribution >= 4 is 11.3 Å². The number of benzene rings is 1. The molecule has 2 N–H and O–H groups in total. The monoisotopic (exact) mass is 262 g/mol. The Hall–Kier alpha value is -1.23. The van der Waals surface area contributed by atoms with Gasteiger partial charge in [-0.2, -0.15) is 0 Å². The second-order valence-electron chi connectivity index (χ2n) is 4.16. The van der Waals surface area contributed by atoms with E-state index in [1.165, 1.54) is 0 Å². The van der Waals surface area contributed by atoms with Crippen LogP contribution in [0.1, 0.15) is 11.9 Å². The molecule has 2 rings (SSSR count). The molecular weight excluding hydrogens is 244 g/mol. The number of likely N-dealkylation sites (N-methyl/N-ethyl adjacent to an activating group) is 1. The molecule has 1 aromatic heterocycles. The Kier molecular flexibility index (Phi) is 4.87. The maximum atomic E-state index is 9.82. The maximum Gasteiger partial charge on any atom is 0.0958 e. The highest BCUT2D eigenvalue weighted by Gasteiger charge is 2.09. The van der Waals surface area contributed by atoms with Crippen LogP contribution in [0, 0.1) is 0 Å². The molecule has 0 fully saturated rings. The first-order valence-corrected chi connectivity index (χ1v) is 7.06. The van der Waals surface area contributed by atoms with E-state index < -0.39 is 0 Å². The number of aliphatic hydroxyl groups excluding tert-OH is 1. The lowest BCUT2D eigenvalue weighted by Crippen LogP contribution is -2.28. The van der Waals surface area contributed by atoms with Gasteiger partial charge in [0, 0.05) is 23.9 Å². The van der Waals surface area contributed by atoms with Gasteiger partial charge in [-0.1, -0.05) is 37.3 Å². The molecule has 1 aromatic carbocycles. The van der Waals surface area contributed by atoms with Crippen LogP contribution in [0.2, 0.25) is 0 Å². The second kappa shape index (κ2) is 6.64. The fraction of sp³-hybridized carbons (Fsp3) is 0.357. The topological polar surface area (TPSA) is 45.1 Å². The van der Waals surface area contributed by atoms with Crippen molar-refractivity contribution in [2.45, 2.75) is 19.4 Å². The Morgan fingerprint density at radius 3 is 2.83 bits per heavy atom. The van der Waals surface area contributed by atoms with Crippen LogP contribution in [-0.4, -0.2) is 29.3 Å². The van der Waals surface area contributed by atoms with E-state index in [4.69, 9.17) is 0 Å². The summed E-state index contributed by atoms with van der Waals surface area (Å²) in [5.74, 6) is 0. The summed E-state index contributed by atoms with van der Waals surface area (Å²) in [4.78, 5) is 4.56. The van der Waals surface area contributed by atoms with Gasteiger partial charge in [0.05, 0.1) is 16.8 Å². The van der Waals surface area contributed by atoms with E-state index in [0.29, 0.717) is 13.0 Å².